The predicted octanol–water partition coefficient (Wildman–Crippen LogP) is 2.46. The average Bonchev–Trinajstić information content (AvgIpc) is 2.30. The molecule has 0 saturated carbocycles. The SMILES string of the molecule is CC(C)C(O)CNCc1ccc(Br)cc1[N+](=O)[O-]. The first kappa shape index (κ1) is 15.1. The lowest BCUT2D eigenvalue weighted by atomic mass is 10.1. The number of aliphatic hydroxyl groups excluding tert-OH is 1. The molecule has 0 aliphatic heterocycles. The van der Waals surface area contributed by atoms with Crippen molar-refractivity contribution in [1.82, 2.24) is 5.32 Å². The Balaban J connectivity index is 2.65. The fourth-order valence-electron chi connectivity index (χ4n) is 1.45. The molecule has 0 spiro atoms. The van der Waals surface area contributed by atoms with Crippen LogP contribution in [0.5, 0.6) is 0 Å². The summed E-state index contributed by atoms with van der Waals surface area (Å²) >= 11 is 3.21. The molecule has 0 aliphatic rings. The van der Waals surface area contributed by atoms with Gasteiger partial charge in [-0.05, 0) is 18.1 Å². The summed E-state index contributed by atoms with van der Waals surface area (Å²) in [5.74, 6) is 0.164. The van der Waals surface area contributed by atoms with Crippen LogP contribution in [0.3, 0.4) is 0 Å². The number of rotatable bonds is 6. The van der Waals surface area contributed by atoms with E-state index in [1.807, 2.05) is 13.8 Å². The molecular weight excluding hydrogens is 300 g/mol. The van der Waals surface area contributed by atoms with Gasteiger partial charge in [0.1, 0.15) is 0 Å². The quantitative estimate of drug-likeness (QED) is 0.624. The third-order valence-corrected chi connectivity index (χ3v) is 3.18. The first-order valence-electron chi connectivity index (χ1n) is 5.73. The Morgan fingerprint density at radius 2 is 2.17 bits per heavy atom. The van der Waals surface area contributed by atoms with Crippen LogP contribution in [0.4, 0.5) is 5.69 Å². The van der Waals surface area contributed by atoms with E-state index in [1.54, 1.807) is 12.1 Å². The van der Waals surface area contributed by atoms with Crippen LogP contribution in [0, 0.1) is 16.0 Å². The molecule has 1 rings (SSSR count). The van der Waals surface area contributed by atoms with Gasteiger partial charge in [-0.3, -0.25) is 10.1 Å². The summed E-state index contributed by atoms with van der Waals surface area (Å²) in [6.07, 6.45) is -0.445. The number of benzene rings is 1. The van der Waals surface area contributed by atoms with Crippen LogP contribution in [0.2, 0.25) is 0 Å². The van der Waals surface area contributed by atoms with Gasteiger partial charge >= 0.3 is 0 Å². The van der Waals surface area contributed by atoms with Crippen LogP contribution in [0.15, 0.2) is 22.7 Å². The highest BCUT2D eigenvalue weighted by Crippen LogP contribution is 2.23. The van der Waals surface area contributed by atoms with Gasteiger partial charge in [0.25, 0.3) is 5.69 Å². The lowest BCUT2D eigenvalue weighted by molar-refractivity contribution is -0.385. The molecule has 1 aromatic carbocycles. The molecule has 0 saturated heterocycles. The van der Waals surface area contributed by atoms with E-state index in [1.165, 1.54) is 6.07 Å². The third-order valence-electron chi connectivity index (χ3n) is 2.68. The molecule has 5 nitrogen and oxygen atoms in total. The molecule has 0 fully saturated rings. The molecule has 18 heavy (non-hydrogen) atoms. The number of aliphatic hydroxyl groups is 1. The molecule has 0 bridgehead atoms. The van der Waals surface area contributed by atoms with Crippen LogP contribution in [-0.4, -0.2) is 22.7 Å². The van der Waals surface area contributed by atoms with E-state index >= 15 is 0 Å². The van der Waals surface area contributed by atoms with Gasteiger partial charge in [0.05, 0.1) is 11.0 Å². The van der Waals surface area contributed by atoms with Crippen molar-refractivity contribution in [2.75, 3.05) is 6.54 Å². The van der Waals surface area contributed by atoms with Crippen molar-refractivity contribution in [3.05, 3.63) is 38.3 Å². The fraction of sp³-hybridized carbons (Fsp3) is 0.500. The van der Waals surface area contributed by atoms with Gasteiger partial charge in [-0.1, -0.05) is 29.8 Å². The molecule has 1 unspecified atom stereocenters. The topological polar surface area (TPSA) is 75.4 Å². The van der Waals surface area contributed by atoms with Gasteiger partial charge in [-0.15, -0.1) is 0 Å². The Morgan fingerprint density at radius 1 is 1.50 bits per heavy atom. The number of nitro benzene ring substituents is 1. The molecule has 2 N–H and O–H groups in total. The van der Waals surface area contributed by atoms with Crippen molar-refractivity contribution >= 4 is 21.6 Å². The average molecular weight is 317 g/mol. The standard InChI is InChI=1S/C12H17BrN2O3/c1-8(2)12(16)7-14-6-9-3-4-10(13)5-11(9)15(17)18/h3-5,8,12,14,16H,6-7H2,1-2H3. The van der Waals surface area contributed by atoms with Crippen LogP contribution in [-0.2, 0) is 6.54 Å². The molecule has 0 radical (unpaired) electrons. The maximum absolute atomic E-state index is 10.9. The van der Waals surface area contributed by atoms with E-state index in [-0.39, 0.29) is 11.6 Å². The molecule has 0 heterocycles. The van der Waals surface area contributed by atoms with Crippen molar-refractivity contribution in [2.45, 2.75) is 26.5 Å². The number of halogens is 1. The van der Waals surface area contributed by atoms with E-state index in [9.17, 15) is 15.2 Å². The van der Waals surface area contributed by atoms with E-state index in [2.05, 4.69) is 21.2 Å². The molecule has 1 atom stereocenters. The highest BCUT2D eigenvalue weighted by Gasteiger charge is 2.14. The summed E-state index contributed by atoms with van der Waals surface area (Å²) in [6.45, 7) is 4.64. The summed E-state index contributed by atoms with van der Waals surface area (Å²) in [6, 6.07) is 4.95. The molecule has 1 aromatic rings. The van der Waals surface area contributed by atoms with E-state index in [0.717, 1.165) is 0 Å². The number of nitro groups is 1. The van der Waals surface area contributed by atoms with Crippen LogP contribution in [0.1, 0.15) is 19.4 Å². The summed E-state index contributed by atoms with van der Waals surface area (Å²) in [5, 5.41) is 23.5. The van der Waals surface area contributed by atoms with Gasteiger partial charge < -0.3 is 10.4 Å². The lowest BCUT2D eigenvalue weighted by Crippen LogP contribution is -2.30. The first-order chi connectivity index (χ1) is 8.41. The van der Waals surface area contributed by atoms with Crippen molar-refractivity contribution in [3.8, 4) is 0 Å². The van der Waals surface area contributed by atoms with E-state index in [4.69, 9.17) is 0 Å². The summed E-state index contributed by atoms with van der Waals surface area (Å²) in [7, 11) is 0. The fourth-order valence-corrected chi connectivity index (χ4v) is 1.80. The zero-order valence-electron chi connectivity index (χ0n) is 10.4. The molecule has 0 amide bonds. The summed E-state index contributed by atoms with van der Waals surface area (Å²) in [5.41, 5.74) is 0.690. The molecule has 0 aromatic heterocycles. The minimum absolute atomic E-state index is 0.0795. The minimum atomic E-state index is -0.445. The minimum Gasteiger partial charge on any atom is -0.392 e. The number of hydrogen-bond donors (Lipinski definition) is 2. The maximum atomic E-state index is 10.9. The van der Waals surface area contributed by atoms with Gasteiger partial charge in [-0.2, -0.15) is 0 Å². The summed E-state index contributed by atoms with van der Waals surface area (Å²) in [4.78, 5) is 10.5. The predicted molar refractivity (Wildman–Crippen MR) is 73.3 cm³/mol. The zero-order chi connectivity index (χ0) is 13.7. The van der Waals surface area contributed by atoms with E-state index < -0.39 is 11.0 Å². The highest BCUT2D eigenvalue weighted by molar-refractivity contribution is 9.10. The Hall–Kier alpha value is -0.980. The normalized spacial score (nSPS) is 12.7. The molecule has 100 valence electrons. The Morgan fingerprint density at radius 3 is 2.72 bits per heavy atom. The third kappa shape index (κ3) is 4.36. The highest BCUT2D eigenvalue weighted by atomic mass is 79.9. The second-order valence-corrected chi connectivity index (χ2v) is 5.39. The van der Waals surface area contributed by atoms with Gasteiger partial charge in [0.2, 0.25) is 0 Å². The Kier molecular flexibility index (Phi) is 5.71. The number of nitrogens with one attached hydrogen (secondary N) is 1. The van der Waals surface area contributed by atoms with Gasteiger partial charge in [0, 0.05) is 29.2 Å². The zero-order valence-corrected chi connectivity index (χ0v) is 12.0. The van der Waals surface area contributed by atoms with Gasteiger partial charge in [-0.25, -0.2) is 0 Å². The first-order valence-corrected chi connectivity index (χ1v) is 6.52. The lowest BCUT2D eigenvalue weighted by Gasteiger charge is -2.15. The van der Waals surface area contributed by atoms with Gasteiger partial charge in [0.15, 0.2) is 0 Å². The number of hydrogen-bond acceptors (Lipinski definition) is 4. The van der Waals surface area contributed by atoms with Crippen molar-refractivity contribution < 1.29 is 10.0 Å². The number of nitrogens with zero attached hydrogens (tertiary/aromatic N) is 1. The van der Waals surface area contributed by atoms with Crippen LogP contribution >= 0.6 is 15.9 Å². The second kappa shape index (κ2) is 6.82. The van der Waals surface area contributed by atoms with Crippen molar-refractivity contribution in [1.29, 1.82) is 0 Å². The van der Waals surface area contributed by atoms with Crippen molar-refractivity contribution in [3.63, 3.8) is 0 Å². The van der Waals surface area contributed by atoms with Crippen molar-refractivity contribution in [2.24, 2.45) is 5.92 Å². The largest absolute Gasteiger partial charge is 0.392 e. The smallest absolute Gasteiger partial charge is 0.275 e. The molecule has 6 heteroatoms. The molecule has 0 aliphatic carbocycles. The van der Waals surface area contributed by atoms with Crippen LogP contribution < -0.4 is 5.32 Å². The maximum Gasteiger partial charge on any atom is 0.275 e. The Bertz CT molecular complexity index is 424. The monoisotopic (exact) mass is 316 g/mol. The van der Waals surface area contributed by atoms with E-state index in [0.29, 0.717) is 23.1 Å². The van der Waals surface area contributed by atoms with Crippen LogP contribution in [0.25, 0.3) is 0 Å². The second-order valence-electron chi connectivity index (χ2n) is 4.47. The summed E-state index contributed by atoms with van der Waals surface area (Å²) < 4.78 is 0.681. The molecular formula is C12H17BrN2O3. The Labute approximate surface area is 114 Å².